The predicted octanol–water partition coefficient (Wildman–Crippen LogP) is 4.15. The number of methoxy groups -OCH3 is 2. The maximum absolute atomic E-state index is 13.8. The third-order valence-corrected chi connectivity index (χ3v) is 6.56. The normalized spacial score (nSPS) is 19.9. The number of carbonyl (C=O) groups is 1. The number of hydrogen-bond donors (Lipinski definition) is 0. The van der Waals surface area contributed by atoms with Crippen LogP contribution in [0.2, 0.25) is 0 Å². The fourth-order valence-corrected chi connectivity index (χ4v) is 5.08. The zero-order chi connectivity index (χ0) is 23.3. The fraction of sp³-hybridized carbons (Fsp3) is 0.385. The molecule has 7 heteroatoms. The van der Waals surface area contributed by atoms with Gasteiger partial charge in [0.2, 0.25) is 5.76 Å². The molecule has 2 aromatic carbocycles. The van der Waals surface area contributed by atoms with E-state index in [2.05, 4.69) is 0 Å². The number of rotatable bonds is 5. The summed E-state index contributed by atoms with van der Waals surface area (Å²) in [5.41, 5.74) is 3.19. The van der Waals surface area contributed by atoms with Gasteiger partial charge in [-0.15, -0.1) is 0 Å². The number of ether oxygens (including phenoxy) is 3. The van der Waals surface area contributed by atoms with Gasteiger partial charge in [-0.2, -0.15) is 0 Å². The number of benzene rings is 2. The standard InChI is InChI=1S/C26H27NO6/c1-14-10-15(2)21-20(11-14)33-25-22(24(21)28)23(16-7-8-18(30-3)19(12-16)31-4)27(26(25)29)13-17-6-5-9-32-17/h7-8,10-12,17,23H,5-6,9,13H2,1-4H3/t17-,23+/m1/s1. The van der Waals surface area contributed by atoms with Crippen LogP contribution in [0.3, 0.4) is 0 Å². The average molecular weight is 450 g/mol. The van der Waals surface area contributed by atoms with E-state index >= 15 is 0 Å². The van der Waals surface area contributed by atoms with E-state index in [-0.39, 0.29) is 23.2 Å². The Balaban J connectivity index is 1.73. The van der Waals surface area contributed by atoms with Gasteiger partial charge in [0, 0.05) is 13.2 Å². The Morgan fingerprint density at radius 3 is 2.55 bits per heavy atom. The predicted molar refractivity (Wildman–Crippen MR) is 123 cm³/mol. The molecule has 2 atom stereocenters. The lowest BCUT2D eigenvalue weighted by molar-refractivity contribution is 0.0486. The van der Waals surface area contributed by atoms with Crippen molar-refractivity contribution in [3.63, 3.8) is 0 Å². The summed E-state index contributed by atoms with van der Waals surface area (Å²) in [6, 6.07) is 8.64. The molecule has 0 saturated carbocycles. The zero-order valence-electron chi connectivity index (χ0n) is 19.3. The first kappa shape index (κ1) is 21.5. The van der Waals surface area contributed by atoms with Gasteiger partial charge in [0.25, 0.3) is 5.91 Å². The maximum atomic E-state index is 13.8. The highest BCUT2D eigenvalue weighted by atomic mass is 16.5. The van der Waals surface area contributed by atoms with Crippen molar-refractivity contribution in [1.82, 2.24) is 4.90 Å². The molecule has 0 spiro atoms. The Morgan fingerprint density at radius 2 is 1.85 bits per heavy atom. The van der Waals surface area contributed by atoms with Crippen LogP contribution in [0.5, 0.6) is 11.5 Å². The fourth-order valence-electron chi connectivity index (χ4n) is 5.08. The van der Waals surface area contributed by atoms with Crippen molar-refractivity contribution in [1.29, 1.82) is 0 Å². The molecule has 3 aromatic rings. The highest BCUT2D eigenvalue weighted by Crippen LogP contribution is 2.41. The second-order valence-corrected chi connectivity index (χ2v) is 8.74. The Kier molecular flexibility index (Phi) is 5.37. The van der Waals surface area contributed by atoms with E-state index in [1.807, 2.05) is 38.1 Å². The molecule has 0 radical (unpaired) electrons. The summed E-state index contributed by atoms with van der Waals surface area (Å²) in [6.45, 7) is 4.90. The summed E-state index contributed by atoms with van der Waals surface area (Å²) in [4.78, 5) is 29.1. The van der Waals surface area contributed by atoms with Crippen molar-refractivity contribution < 1.29 is 23.4 Å². The molecule has 7 nitrogen and oxygen atoms in total. The minimum Gasteiger partial charge on any atom is -0.493 e. The number of fused-ring (bicyclic) bond motifs is 2. The molecule has 0 aliphatic carbocycles. The highest BCUT2D eigenvalue weighted by Gasteiger charge is 2.44. The van der Waals surface area contributed by atoms with Crippen molar-refractivity contribution in [2.24, 2.45) is 0 Å². The van der Waals surface area contributed by atoms with Gasteiger partial charge in [0.15, 0.2) is 16.9 Å². The lowest BCUT2D eigenvalue weighted by atomic mass is 9.96. The Bertz CT molecular complexity index is 1300. The summed E-state index contributed by atoms with van der Waals surface area (Å²) >= 11 is 0. The summed E-state index contributed by atoms with van der Waals surface area (Å²) in [6.07, 6.45) is 1.76. The summed E-state index contributed by atoms with van der Waals surface area (Å²) in [5.74, 6) is 0.923. The second-order valence-electron chi connectivity index (χ2n) is 8.74. The quantitative estimate of drug-likeness (QED) is 0.582. The first-order valence-corrected chi connectivity index (χ1v) is 11.2. The largest absolute Gasteiger partial charge is 0.493 e. The number of nitrogens with zero attached hydrogens (tertiary/aromatic N) is 1. The summed E-state index contributed by atoms with van der Waals surface area (Å²) < 4.78 is 22.8. The molecule has 1 aromatic heterocycles. The monoisotopic (exact) mass is 449 g/mol. The van der Waals surface area contributed by atoms with Gasteiger partial charge >= 0.3 is 0 Å². The molecule has 0 N–H and O–H groups in total. The van der Waals surface area contributed by atoms with Crippen molar-refractivity contribution in [3.8, 4) is 11.5 Å². The smallest absolute Gasteiger partial charge is 0.291 e. The zero-order valence-corrected chi connectivity index (χ0v) is 19.3. The topological polar surface area (TPSA) is 78.2 Å². The van der Waals surface area contributed by atoms with Gasteiger partial charge in [-0.1, -0.05) is 12.1 Å². The maximum Gasteiger partial charge on any atom is 0.291 e. The van der Waals surface area contributed by atoms with Gasteiger partial charge in [-0.05, 0) is 61.6 Å². The van der Waals surface area contributed by atoms with Crippen LogP contribution < -0.4 is 14.9 Å². The first-order chi connectivity index (χ1) is 15.9. The molecule has 1 fully saturated rings. The van der Waals surface area contributed by atoms with Crippen molar-refractivity contribution in [3.05, 3.63) is 68.6 Å². The molecule has 2 aliphatic rings. The summed E-state index contributed by atoms with van der Waals surface area (Å²) in [5, 5.41) is 0.511. The molecule has 3 heterocycles. The third kappa shape index (κ3) is 3.47. The molecule has 2 aliphatic heterocycles. The molecular weight excluding hydrogens is 422 g/mol. The van der Waals surface area contributed by atoms with Crippen LogP contribution in [-0.4, -0.2) is 44.3 Å². The molecule has 1 amide bonds. The number of hydrogen-bond acceptors (Lipinski definition) is 6. The Labute approximate surface area is 191 Å². The Morgan fingerprint density at radius 1 is 1.06 bits per heavy atom. The van der Waals surface area contributed by atoms with E-state index in [9.17, 15) is 9.59 Å². The molecule has 0 unspecified atom stereocenters. The number of aryl methyl sites for hydroxylation is 2. The average Bonchev–Trinajstić information content (AvgIpc) is 3.40. The molecule has 1 saturated heterocycles. The van der Waals surface area contributed by atoms with E-state index in [0.717, 1.165) is 29.5 Å². The number of carbonyl (C=O) groups excluding carboxylic acids is 1. The molecule has 5 rings (SSSR count). The van der Waals surface area contributed by atoms with E-state index in [1.54, 1.807) is 25.2 Å². The lowest BCUT2D eigenvalue weighted by Gasteiger charge is -2.27. The van der Waals surface area contributed by atoms with Crippen LogP contribution in [-0.2, 0) is 4.74 Å². The SMILES string of the molecule is COc1ccc([C@H]2c3c(oc4cc(C)cc(C)c4c3=O)C(=O)N2C[C@H]2CCCO2)cc1OC. The van der Waals surface area contributed by atoms with Crippen LogP contribution in [0.4, 0.5) is 0 Å². The molecule has 0 bridgehead atoms. The van der Waals surface area contributed by atoms with E-state index in [0.29, 0.717) is 41.2 Å². The van der Waals surface area contributed by atoms with E-state index < -0.39 is 6.04 Å². The van der Waals surface area contributed by atoms with Crippen LogP contribution in [0.25, 0.3) is 11.0 Å². The van der Waals surface area contributed by atoms with Crippen molar-refractivity contribution >= 4 is 16.9 Å². The van der Waals surface area contributed by atoms with Gasteiger partial charge in [0.05, 0.1) is 37.3 Å². The molecule has 33 heavy (non-hydrogen) atoms. The summed E-state index contributed by atoms with van der Waals surface area (Å²) in [7, 11) is 3.13. The van der Waals surface area contributed by atoms with E-state index in [1.165, 1.54) is 0 Å². The van der Waals surface area contributed by atoms with Gasteiger partial charge in [0.1, 0.15) is 5.58 Å². The second kappa shape index (κ2) is 8.23. The van der Waals surface area contributed by atoms with Gasteiger partial charge in [-0.3, -0.25) is 9.59 Å². The highest BCUT2D eigenvalue weighted by molar-refractivity contribution is 5.99. The van der Waals surface area contributed by atoms with E-state index in [4.69, 9.17) is 18.6 Å². The van der Waals surface area contributed by atoms with Crippen LogP contribution >= 0.6 is 0 Å². The minimum atomic E-state index is -0.599. The van der Waals surface area contributed by atoms with Crippen LogP contribution in [0.1, 0.15) is 51.7 Å². The van der Waals surface area contributed by atoms with Gasteiger partial charge in [-0.25, -0.2) is 0 Å². The van der Waals surface area contributed by atoms with Crippen LogP contribution in [0, 0.1) is 13.8 Å². The number of amides is 1. The molecule has 172 valence electrons. The van der Waals surface area contributed by atoms with Crippen molar-refractivity contribution in [2.45, 2.75) is 38.8 Å². The first-order valence-electron chi connectivity index (χ1n) is 11.2. The third-order valence-electron chi connectivity index (χ3n) is 6.56. The van der Waals surface area contributed by atoms with Crippen LogP contribution in [0.15, 0.2) is 39.5 Å². The van der Waals surface area contributed by atoms with Crippen molar-refractivity contribution in [2.75, 3.05) is 27.4 Å². The minimum absolute atomic E-state index is 0.0700. The van der Waals surface area contributed by atoms with Gasteiger partial charge < -0.3 is 23.5 Å². The molecular formula is C26H27NO6. The lowest BCUT2D eigenvalue weighted by Crippen LogP contribution is -2.36. The Hall–Kier alpha value is -3.32.